The number of ether oxygens (including phenoxy) is 1. The van der Waals surface area contributed by atoms with Crippen LogP contribution in [0.4, 0.5) is 10.5 Å². The lowest BCUT2D eigenvalue weighted by atomic mass is 10.1. The Morgan fingerprint density at radius 2 is 1.64 bits per heavy atom. The van der Waals surface area contributed by atoms with Crippen molar-refractivity contribution in [2.75, 3.05) is 24.5 Å². The summed E-state index contributed by atoms with van der Waals surface area (Å²) >= 11 is 6.42. The topological polar surface area (TPSA) is 178 Å². The first kappa shape index (κ1) is 35.8. The summed E-state index contributed by atoms with van der Waals surface area (Å²) in [6.07, 6.45) is 1.54. The fourth-order valence-corrected chi connectivity index (χ4v) is 7.42. The summed E-state index contributed by atoms with van der Waals surface area (Å²) in [7, 11) is -10.5. The van der Waals surface area contributed by atoms with Crippen molar-refractivity contribution in [1.29, 1.82) is 0 Å². The van der Waals surface area contributed by atoms with Gasteiger partial charge in [-0.3, -0.25) is 23.8 Å². The maximum atomic E-state index is 13.6. The molecule has 1 unspecified atom stereocenters. The zero-order valence-corrected chi connectivity index (χ0v) is 27.3. The van der Waals surface area contributed by atoms with E-state index < -0.39 is 38.9 Å². The van der Waals surface area contributed by atoms with Gasteiger partial charge in [-0.2, -0.15) is 0 Å². The van der Waals surface area contributed by atoms with Crippen LogP contribution in [0.3, 0.4) is 0 Å². The van der Waals surface area contributed by atoms with E-state index in [1.807, 2.05) is 13.0 Å². The van der Waals surface area contributed by atoms with Crippen LogP contribution in [0.5, 0.6) is 0 Å². The van der Waals surface area contributed by atoms with Crippen LogP contribution in [0.15, 0.2) is 54.7 Å². The van der Waals surface area contributed by atoms with Gasteiger partial charge in [-0.15, -0.1) is 0 Å². The van der Waals surface area contributed by atoms with Crippen molar-refractivity contribution in [2.24, 2.45) is 0 Å². The van der Waals surface area contributed by atoms with E-state index in [1.54, 1.807) is 29.3 Å². The van der Waals surface area contributed by atoms with E-state index in [4.69, 9.17) is 16.3 Å². The quantitative estimate of drug-likeness (QED) is 0.114. The number of ketones is 1. The maximum Gasteiger partial charge on any atom is 0.414 e. The first-order chi connectivity index (χ1) is 20.6. The third kappa shape index (κ3) is 9.67. The summed E-state index contributed by atoms with van der Waals surface area (Å²) in [6.45, 7) is 8.73. The molecule has 1 aromatic heterocycles. The molecule has 0 aliphatic heterocycles. The standard InChI is InChI=1S/C29H38ClN3O9P2/c1-4-32(5-2)15-7-8-20(3)33(26-17-23(30)16-25-24(26)9-6-14-31-25)29(35)42-19-21-10-12-22(13-11-21)27(34)18-28(43(36,37)38)44(39,40)41/h6,9-14,16-17,20,28H,4-5,7-8,15,18-19H2,1-3H3,(H2,36,37,38)(H2,39,40,41). The Morgan fingerprint density at radius 3 is 2.23 bits per heavy atom. The predicted molar refractivity (Wildman–Crippen MR) is 169 cm³/mol. The normalized spacial score (nSPS) is 13.0. The molecular formula is C29H38ClN3O9P2. The molecule has 1 amide bonds. The van der Waals surface area contributed by atoms with E-state index in [0.29, 0.717) is 28.2 Å². The van der Waals surface area contributed by atoms with Crippen LogP contribution in [-0.4, -0.2) is 72.4 Å². The van der Waals surface area contributed by atoms with Crippen LogP contribution in [0.2, 0.25) is 5.02 Å². The number of hydrogen-bond acceptors (Lipinski definition) is 7. The molecule has 2 aromatic carbocycles. The summed E-state index contributed by atoms with van der Waals surface area (Å²) in [6, 6.07) is 12.5. The van der Waals surface area contributed by atoms with Crippen LogP contribution in [0.25, 0.3) is 10.9 Å². The number of amides is 1. The van der Waals surface area contributed by atoms with Gasteiger partial charge in [0.2, 0.25) is 0 Å². The molecule has 240 valence electrons. The van der Waals surface area contributed by atoms with Gasteiger partial charge in [-0.1, -0.05) is 49.7 Å². The van der Waals surface area contributed by atoms with Crippen molar-refractivity contribution in [2.45, 2.75) is 58.1 Å². The molecule has 4 N–H and O–H groups in total. The number of fused-ring (bicyclic) bond motifs is 1. The third-order valence-electron chi connectivity index (χ3n) is 7.33. The van der Waals surface area contributed by atoms with Gasteiger partial charge in [0.25, 0.3) is 0 Å². The molecule has 0 radical (unpaired) electrons. The number of hydrogen-bond donors (Lipinski definition) is 4. The van der Waals surface area contributed by atoms with Crippen LogP contribution >= 0.6 is 26.8 Å². The molecule has 0 saturated heterocycles. The molecule has 1 heterocycles. The van der Waals surface area contributed by atoms with Crippen LogP contribution in [0, 0.1) is 0 Å². The second kappa shape index (κ2) is 15.6. The predicted octanol–water partition coefficient (Wildman–Crippen LogP) is 5.80. The summed E-state index contributed by atoms with van der Waals surface area (Å²) in [5, 5.41) is -1.28. The van der Waals surface area contributed by atoms with E-state index >= 15 is 0 Å². The Bertz CT molecular complexity index is 1520. The molecule has 15 heteroatoms. The zero-order chi connectivity index (χ0) is 32.7. The van der Waals surface area contributed by atoms with Crippen LogP contribution in [-0.2, 0) is 20.5 Å². The van der Waals surface area contributed by atoms with E-state index in [0.717, 1.165) is 31.4 Å². The molecule has 12 nitrogen and oxygen atoms in total. The van der Waals surface area contributed by atoms with Crippen LogP contribution in [0.1, 0.15) is 56.0 Å². The summed E-state index contributed by atoms with van der Waals surface area (Å²) < 4.78 is 28.8. The number of nitrogens with zero attached hydrogens (tertiary/aromatic N) is 3. The number of carbonyl (C=O) groups is 2. The molecule has 44 heavy (non-hydrogen) atoms. The van der Waals surface area contributed by atoms with Gasteiger partial charge in [0.15, 0.2) is 11.2 Å². The highest BCUT2D eigenvalue weighted by Crippen LogP contribution is 2.61. The highest BCUT2D eigenvalue weighted by atomic mass is 35.5. The molecule has 1 atom stereocenters. The minimum absolute atomic E-state index is 0.00618. The largest absolute Gasteiger partial charge is 0.444 e. The van der Waals surface area contributed by atoms with Crippen molar-refractivity contribution in [1.82, 2.24) is 9.88 Å². The van der Waals surface area contributed by atoms with Crippen molar-refractivity contribution in [3.8, 4) is 0 Å². The fraction of sp³-hybridized carbons (Fsp3) is 0.414. The number of anilines is 1. The first-order valence-corrected chi connectivity index (χ1v) is 17.8. The summed E-state index contributed by atoms with van der Waals surface area (Å²) in [4.78, 5) is 71.7. The molecule has 0 aliphatic carbocycles. The minimum atomic E-state index is -5.24. The third-order valence-corrected chi connectivity index (χ3v) is 11.3. The number of aromatic nitrogens is 1. The monoisotopic (exact) mass is 669 g/mol. The van der Waals surface area contributed by atoms with Gasteiger partial charge in [0.1, 0.15) is 6.61 Å². The molecule has 0 fully saturated rings. The van der Waals surface area contributed by atoms with Gasteiger partial charge < -0.3 is 29.2 Å². The average Bonchev–Trinajstić information content (AvgIpc) is 2.96. The molecule has 0 spiro atoms. The number of pyridine rings is 1. The minimum Gasteiger partial charge on any atom is -0.444 e. The number of Topliss-reactive ketones (excluding diaryl/α,β-unsaturated/α-hetero) is 1. The Hall–Kier alpha value is -2.66. The highest BCUT2D eigenvalue weighted by molar-refractivity contribution is 7.70. The van der Waals surface area contributed by atoms with Crippen molar-refractivity contribution in [3.63, 3.8) is 0 Å². The van der Waals surface area contributed by atoms with Crippen molar-refractivity contribution < 1.29 is 43.0 Å². The number of halogens is 1. The van der Waals surface area contributed by atoms with Crippen molar-refractivity contribution in [3.05, 3.63) is 70.9 Å². The molecule has 0 aliphatic rings. The van der Waals surface area contributed by atoms with E-state index in [1.165, 1.54) is 24.3 Å². The van der Waals surface area contributed by atoms with E-state index in [2.05, 4.69) is 23.7 Å². The lowest BCUT2D eigenvalue weighted by Crippen LogP contribution is -2.40. The van der Waals surface area contributed by atoms with E-state index in [-0.39, 0.29) is 18.2 Å². The molecule has 0 bridgehead atoms. The van der Waals surface area contributed by atoms with Crippen molar-refractivity contribution >= 4 is 55.3 Å². The lowest BCUT2D eigenvalue weighted by molar-refractivity contribution is 0.0980. The fourth-order valence-electron chi connectivity index (χ4n) is 4.84. The second-order valence-electron chi connectivity index (χ2n) is 10.4. The number of rotatable bonds is 15. The van der Waals surface area contributed by atoms with Gasteiger partial charge in [-0.25, -0.2) is 4.79 Å². The Morgan fingerprint density at radius 1 is 1.00 bits per heavy atom. The summed E-state index contributed by atoms with van der Waals surface area (Å²) in [5.41, 5.74) is 1.70. The smallest absolute Gasteiger partial charge is 0.414 e. The summed E-state index contributed by atoms with van der Waals surface area (Å²) in [5.74, 6) is -0.851. The second-order valence-corrected chi connectivity index (χ2v) is 14.9. The Kier molecular flexibility index (Phi) is 12.7. The van der Waals surface area contributed by atoms with Gasteiger partial charge in [-0.05, 0) is 69.2 Å². The average molecular weight is 670 g/mol. The molecular weight excluding hydrogens is 632 g/mol. The maximum absolute atomic E-state index is 13.6. The lowest BCUT2D eigenvalue weighted by Gasteiger charge is -2.30. The first-order valence-electron chi connectivity index (χ1n) is 14.1. The molecule has 3 rings (SSSR count). The van der Waals surface area contributed by atoms with Gasteiger partial charge in [0.05, 0.1) is 11.2 Å². The van der Waals surface area contributed by atoms with Gasteiger partial charge >= 0.3 is 21.3 Å². The highest BCUT2D eigenvalue weighted by Gasteiger charge is 2.44. The Labute approximate surface area is 261 Å². The zero-order valence-electron chi connectivity index (χ0n) is 24.7. The van der Waals surface area contributed by atoms with E-state index in [9.17, 15) is 38.3 Å². The SMILES string of the molecule is CCN(CC)CCCC(C)N(C(=O)OCc1ccc(C(=O)CC(P(=O)(O)O)P(=O)(O)O)cc1)c1cc(Cl)cc2ncccc12. The van der Waals surface area contributed by atoms with Crippen LogP contribution < -0.4 is 4.90 Å². The molecule has 3 aromatic rings. The number of benzene rings is 2. The Balaban J connectivity index is 1.79. The molecule has 0 saturated carbocycles. The number of carbonyl (C=O) groups excluding carboxylic acids is 2. The van der Waals surface area contributed by atoms with Gasteiger partial charge in [0, 0.05) is 34.6 Å².